The fourth-order valence-electron chi connectivity index (χ4n) is 10.3. The molecule has 3 unspecified atom stereocenters. The summed E-state index contributed by atoms with van der Waals surface area (Å²) in [6.45, 7) is 0. The van der Waals surface area contributed by atoms with E-state index in [1.165, 1.54) is 38.6 Å². The molecule has 0 radical (unpaired) electrons. The highest BCUT2D eigenvalue weighted by Crippen LogP contribution is 2.67. The van der Waals surface area contributed by atoms with Crippen LogP contribution in [0.2, 0.25) is 0 Å². The molecule has 4 aliphatic rings. The summed E-state index contributed by atoms with van der Waals surface area (Å²) in [5.41, 5.74) is 10.3. The summed E-state index contributed by atoms with van der Waals surface area (Å²) in [5, 5.41) is 4.98. The number of hydrogen-bond donors (Lipinski definition) is 0. The standard InChI is InChI=1S/C52H35N3O/c1-2-16-33(17-3-1)49-53-50(55-51(54-49)40-25-14-18-32-15-4-5-19-35(32)40)34-29-30-46-44(31-34)52(43-27-12-13-28-45(43)56-46)42-26-11-10-24-41(42)47-38-22-8-6-20-36(38)37-21-7-9-23-39(37)48(47)52/h1-6,8-20,22-31,41-42H,7,21H2. The average Bonchev–Trinajstić information content (AvgIpc) is 3.58. The van der Waals surface area contributed by atoms with Gasteiger partial charge < -0.3 is 4.74 Å². The molecule has 0 bridgehead atoms. The molecule has 1 aliphatic heterocycles. The second-order valence-corrected chi connectivity index (χ2v) is 15.3. The maximum atomic E-state index is 6.90. The third-order valence-electron chi connectivity index (χ3n) is 12.5. The molecule has 12 rings (SSSR count). The van der Waals surface area contributed by atoms with Gasteiger partial charge >= 0.3 is 0 Å². The quantitative estimate of drug-likeness (QED) is 0.183. The lowest BCUT2D eigenvalue weighted by molar-refractivity contribution is 0.374. The minimum Gasteiger partial charge on any atom is -0.457 e. The van der Waals surface area contributed by atoms with Crippen LogP contribution in [0.1, 0.15) is 45.7 Å². The van der Waals surface area contributed by atoms with Gasteiger partial charge in [-0.05, 0) is 80.9 Å². The molecule has 0 fully saturated rings. The van der Waals surface area contributed by atoms with E-state index < -0.39 is 5.41 Å². The summed E-state index contributed by atoms with van der Waals surface area (Å²) < 4.78 is 6.90. The first-order valence-electron chi connectivity index (χ1n) is 19.6. The average molecular weight is 718 g/mol. The van der Waals surface area contributed by atoms with Crippen LogP contribution in [0.3, 0.4) is 0 Å². The molecule has 0 saturated carbocycles. The van der Waals surface area contributed by atoms with Crippen LogP contribution in [-0.4, -0.2) is 15.0 Å². The van der Waals surface area contributed by atoms with E-state index in [0.29, 0.717) is 17.5 Å². The second-order valence-electron chi connectivity index (χ2n) is 15.3. The third kappa shape index (κ3) is 4.38. The lowest BCUT2D eigenvalue weighted by atomic mass is 9.60. The Hall–Kier alpha value is -6.91. The lowest BCUT2D eigenvalue weighted by Crippen LogP contribution is -2.38. The number of fused-ring (bicyclic) bond motifs is 15. The molecule has 4 nitrogen and oxygen atoms in total. The van der Waals surface area contributed by atoms with Crippen molar-refractivity contribution in [1.29, 1.82) is 0 Å². The molecule has 7 aromatic carbocycles. The van der Waals surface area contributed by atoms with Crippen molar-refractivity contribution < 1.29 is 4.74 Å². The van der Waals surface area contributed by atoms with Gasteiger partial charge in [-0.25, -0.2) is 15.0 Å². The molecule has 264 valence electrons. The lowest BCUT2D eigenvalue weighted by Gasteiger charge is -2.44. The molecular weight excluding hydrogens is 683 g/mol. The fourth-order valence-corrected chi connectivity index (χ4v) is 10.3. The van der Waals surface area contributed by atoms with Gasteiger partial charge in [0.15, 0.2) is 17.5 Å². The predicted molar refractivity (Wildman–Crippen MR) is 226 cm³/mol. The topological polar surface area (TPSA) is 47.9 Å². The van der Waals surface area contributed by atoms with Gasteiger partial charge in [-0.1, -0.05) is 152 Å². The highest BCUT2D eigenvalue weighted by atomic mass is 16.5. The van der Waals surface area contributed by atoms with Crippen LogP contribution in [0, 0.1) is 5.92 Å². The molecule has 0 N–H and O–H groups in total. The Labute approximate surface area is 325 Å². The molecule has 0 amide bonds. The van der Waals surface area contributed by atoms with Gasteiger partial charge in [0.1, 0.15) is 11.5 Å². The van der Waals surface area contributed by atoms with Crippen LogP contribution in [0.25, 0.3) is 61.8 Å². The first-order valence-corrected chi connectivity index (χ1v) is 19.6. The molecule has 3 atom stereocenters. The second kappa shape index (κ2) is 12.0. The Bertz CT molecular complexity index is 3030. The van der Waals surface area contributed by atoms with Crippen molar-refractivity contribution in [2.24, 2.45) is 5.92 Å². The number of para-hydroxylation sites is 1. The van der Waals surface area contributed by atoms with E-state index >= 15 is 0 Å². The van der Waals surface area contributed by atoms with Crippen molar-refractivity contribution >= 4 is 27.6 Å². The minimum absolute atomic E-state index is 0.122. The van der Waals surface area contributed by atoms with Crippen molar-refractivity contribution in [3.05, 3.63) is 203 Å². The first-order chi connectivity index (χ1) is 27.8. The largest absolute Gasteiger partial charge is 0.457 e. The molecule has 4 heteroatoms. The van der Waals surface area contributed by atoms with Crippen LogP contribution in [0.5, 0.6) is 11.5 Å². The van der Waals surface area contributed by atoms with Crippen molar-refractivity contribution in [3.63, 3.8) is 0 Å². The molecular formula is C52H35N3O. The van der Waals surface area contributed by atoms with Crippen LogP contribution in [0.15, 0.2) is 170 Å². The van der Waals surface area contributed by atoms with Crippen LogP contribution in [-0.2, 0) is 11.8 Å². The number of aryl methyl sites for hydroxylation is 1. The number of ether oxygens (including phenoxy) is 1. The number of hydrogen-bond acceptors (Lipinski definition) is 4. The predicted octanol–water partition coefficient (Wildman–Crippen LogP) is 12.4. The Balaban J connectivity index is 1.16. The number of nitrogens with zero attached hydrogens (tertiary/aromatic N) is 3. The fraction of sp³-hybridized carbons (Fsp3) is 0.0962. The zero-order valence-corrected chi connectivity index (χ0v) is 30.6. The van der Waals surface area contributed by atoms with Crippen molar-refractivity contribution in [2.45, 2.75) is 24.2 Å². The maximum Gasteiger partial charge on any atom is 0.164 e. The Morgan fingerprint density at radius 2 is 1.29 bits per heavy atom. The van der Waals surface area contributed by atoms with Gasteiger partial charge in [-0.3, -0.25) is 0 Å². The summed E-state index contributed by atoms with van der Waals surface area (Å²) in [5.74, 6) is 4.01. The van der Waals surface area contributed by atoms with E-state index in [1.807, 2.05) is 18.2 Å². The molecule has 3 aliphatic carbocycles. The summed E-state index contributed by atoms with van der Waals surface area (Å²) in [4.78, 5) is 15.6. The van der Waals surface area contributed by atoms with Crippen LogP contribution < -0.4 is 4.74 Å². The third-order valence-corrected chi connectivity index (χ3v) is 12.5. The number of aromatic nitrogens is 3. The Morgan fingerprint density at radius 3 is 2.20 bits per heavy atom. The SMILES string of the molecule is C1=CC2c3c(c4c(c5ccccc35)CCC=C4)C3(c4ccccc4Oc4ccc(-c5nc(-c6ccccc6)nc(-c6cccc7ccccc67)n5)cc43)C2C=C1. The van der Waals surface area contributed by atoms with E-state index in [9.17, 15) is 0 Å². The Kier molecular flexibility index (Phi) is 6.76. The molecule has 1 aromatic heterocycles. The minimum atomic E-state index is -0.537. The van der Waals surface area contributed by atoms with Crippen molar-refractivity contribution in [1.82, 2.24) is 15.0 Å². The van der Waals surface area contributed by atoms with Gasteiger partial charge in [0.2, 0.25) is 0 Å². The van der Waals surface area contributed by atoms with Gasteiger partial charge in [-0.2, -0.15) is 0 Å². The zero-order valence-electron chi connectivity index (χ0n) is 30.6. The number of allylic oxidation sites excluding steroid dienone is 5. The van der Waals surface area contributed by atoms with Gasteiger partial charge in [0, 0.05) is 39.7 Å². The van der Waals surface area contributed by atoms with E-state index in [2.05, 4.69) is 158 Å². The molecule has 1 spiro atoms. The molecule has 56 heavy (non-hydrogen) atoms. The smallest absolute Gasteiger partial charge is 0.164 e. The summed E-state index contributed by atoms with van der Waals surface area (Å²) >= 11 is 0. The molecule has 0 saturated heterocycles. The Morgan fingerprint density at radius 1 is 0.571 bits per heavy atom. The molecule has 2 heterocycles. The summed E-state index contributed by atoms with van der Waals surface area (Å²) in [6, 6.07) is 49.4. The summed E-state index contributed by atoms with van der Waals surface area (Å²) in [6.07, 6.45) is 16.2. The van der Waals surface area contributed by atoms with E-state index in [0.717, 1.165) is 57.4 Å². The number of benzene rings is 7. The van der Waals surface area contributed by atoms with Crippen LogP contribution in [0.4, 0.5) is 0 Å². The van der Waals surface area contributed by atoms with Gasteiger partial charge in [0.05, 0.1) is 5.41 Å². The van der Waals surface area contributed by atoms with Crippen molar-refractivity contribution in [2.75, 3.05) is 0 Å². The highest BCUT2D eigenvalue weighted by Gasteiger charge is 2.58. The van der Waals surface area contributed by atoms with Gasteiger partial charge in [0.25, 0.3) is 0 Å². The van der Waals surface area contributed by atoms with Gasteiger partial charge in [-0.15, -0.1) is 0 Å². The monoisotopic (exact) mass is 717 g/mol. The number of rotatable bonds is 3. The first kappa shape index (κ1) is 31.4. The van der Waals surface area contributed by atoms with E-state index in [4.69, 9.17) is 19.7 Å². The van der Waals surface area contributed by atoms with Crippen LogP contribution >= 0.6 is 0 Å². The van der Waals surface area contributed by atoms with E-state index in [-0.39, 0.29) is 11.8 Å². The zero-order chi connectivity index (χ0) is 36.8. The highest BCUT2D eigenvalue weighted by molar-refractivity contribution is 5.98. The summed E-state index contributed by atoms with van der Waals surface area (Å²) in [7, 11) is 0. The van der Waals surface area contributed by atoms with E-state index in [1.54, 1.807) is 0 Å². The van der Waals surface area contributed by atoms with Crippen molar-refractivity contribution in [3.8, 4) is 45.7 Å². The molecule has 8 aromatic rings. The normalized spacial score (nSPS) is 19.6. The maximum absolute atomic E-state index is 6.90.